The summed E-state index contributed by atoms with van der Waals surface area (Å²) in [5.41, 5.74) is 6.38. The number of fused-ring (bicyclic) bond motifs is 2. The molecule has 0 radical (unpaired) electrons. The summed E-state index contributed by atoms with van der Waals surface area (Å²) in [4.78, 5) is 25.2. The fourth-order valence-electron chi connectivity index (χ4n) is 2.64. The van der Waals surface area contributed by atoms with E-state index in [-0.39, 0.29) is 52.7 Å². The van der Waals surface area contributed by atoms with Gasteiger partial charge in [-0.25, -0.2) is 0 Å². The normalized spacial score (nSPS) is 12.7. The molecule has 1 aliphatic rings. The van der Waals surface area contributed by atoms with E-state index >= 15 is 0 Å². The van der Waals surface area contributed by atoms with E-state index < -0.39 is 11.6 Å². The molecule has 1 aliphatic carbocycles. The maximum absolute atomic E-state index is 12.7. The molecule has 0 spiro atoms. The summed E-state index contributed by atoms with van der Waals surface area (Å²) in [6.07, 6.45) is 0.382. The summed E-state index contributed by atoms with van der Waals surface area (Å²) in [7, 11) is 0. The molecule has 0 atom stereocenters. The van der Waals surface area contributed by atoms with Gasteiger partial charge in [-0.1, -0.05) is 24.3 Å². The third-order valence-corrected chi connectivity index (χ3v) is 3.74. The first-order chi connectivity index (χ1) is 11.1. The molecule has 3 rings (SSSR count). The highest BCUT2D eigenvalue weighted by molar-refractivity contribution is 6.31. The van der Waals surface area contributed by atoms with Gasteiger partial charge in [-0.15, -0.1) is 0 Å². The Morgan fingerprint density at radius 3 is 2.26 bits per heavy atom. The van der Waals surface area contributed by atoms with Gasteiger partial charge in [0.1, 0.15) is 11.5 Å². The minimum absolute atomic E-state index is 0.0172. The molecule has 0 bridgehead atoms. The Balaban J connectivity index is 2.15. The lowest BCUT2D eigenvalue weighted by Crippen LogP contribution is -2.23. The Morgan fingerprint density at radius 2 is 1.65 bits per heavy atom. The van der Waals surface area contributed by atoms with E-state index in [1.54, 1.807) is 24.3 Å². The molecule has 118 valence electrons. The lowest BCUT2D eigenvalue weighted by atomic mass is 9.82. The monoisotopic (exact) mass is 313 g/mol. The third kappa shape index (κ3) is 2.33. The predicted molar refractivity (Wildman–Crippen MR) is 83.0 cm³/mol. The Morgan fingerprint density at radius 1 is 1.04 bits per heavy atom. The van der Waals surface area contributed by atoms with E-state index in [0.29, 0.717) is 6.42 Å². The van der Waals surface area contributed by atoms with Crippen molar-refractivity contribution in [3.05, 3.63) is 52.6 Å². The van der Waals surface area contributed by atoms with Crippen molar-refractivity contribution >= 4 is 17.3 Å². The molecule has 4 N–H and O–H groups in total. The quantitative estimate of drug-likeness (QED) is 0.382. The molecule has 0 saturated heterocycles. The number of hydrogen-bond donors (Lipinski definition) is 3. The average molecular weight is 313 g/mol. The highest BCUT2D eigenvalue weighted by Gasteiger charge is 2.35. The van der Waals surface area contributed by atoms with Crippen LogP contribution in [0.25, 0.3) is 0 Å². The van der Waals surface area contributed by atoms with Gasteiger partial charge in [0.25, 0.3) is 0 Å². The molecular formula is C17H15NO5. The van der Waals surface area contributed by atoms with Crippen molar-refractivity contribution in [2.24, 2.45) is 0 Å². The summed E-state index contributed by atoms with van der Waals surface area (Å²) in [6, 6.07) is 7.63. The summed E-state index contributed by atoms with van der Waals surface area (Å²) in [5.74, 6) is -1.09. The number of aliphatic hydroxyl groups is 1. The maximum Gasteiger partial charge on any atom is 0.198 e. The van der Waals surface area contributed by atoms with Gasteiger partial charge in [0.15, 0.2) is 11.6 Å². The molecule has 0 aliphatic heterocycles. The lowest BCUT2D eigenvalue weighted by Gasteiger charge is -2.21. The Labute approximate surface area is 132 Å². The molecule has 0 unspecified atom stereocenters. The Kier molecular flexibility index (Phi) is 3.75. The van der Waals surface area contributed by atoms with Crippen molar-refractivity contribution in [1.82, 2.24) is 0 Å². The molecule has 0 amide bonds. The summed E-state index contributed by atoms with van der Waals surface area (Å²) < 4.78 is 5.39. The van der Waals surface area contributed by atoms with Gasteiger partial charge in [0.2, 0.25) is 0 Å². The number of phenols is 1. The molecule has 2 aromatic rings. The zero-order chi connectivity index (χ0) is 16.6. The van der Waals surface area contributed by atoms with E-state index in [4.69, 9.17) is 15.6 Å². The molecule has 0 heterocycles. The number of hydrogen-bond acceptors (Lipinski definition) is 6. The predicted octanol–water partition coefficient (Wildman–Crippen LogP) is 1.51. The minimum Gasteiger partial charge on any atom is -0.507 e. The van der Waals surface area contributed by atoms with Crippen LogP contribution in [-0.2, 0) is 0 Å². The Bertz CT molecular complexity index is 813. The second kappa shape index (κ2) is 5.73. The van der Waals surface area contributed by atoms with Crippen LogP contribution in [0.4, 0.5) is 5.69 Å². The number of rotatable bonds is 4. The minimum atomic E-state index is -0.443. The van der Waals surface area contributed by atoms with Crippen molar-refractivity contribution < 1.29 is 24.5 Å². The maximum atomic E-state index is 12.7. The summed E-state index contributed by atoms with van der Waals surface area (Å²) in [5, 5.41) is 19.0. The van der Waals surface area contributed by atoms with E-state index in [9.17, 15) is 14.7 Å². The topological polar surface area (TPSA) is 110 Å². The van der Waals surface area contributed by atoms with E-state index in [1.165, 1.54) is 6.07 Å². The smallest absolute Gasteiger partial charge is 0.198 e. The van der Waals surface area contributed by atoms with Gasteiger partial charge in [-0.2, -0.15) is 0 Å². The number of nitrogens with two attached hydrogens (primary N) is 1. The first-order valence-corrected chi connectivity index (χ1v) is 7.13. The zero-order valence-corrected chi connectivity index (χ0v) is 12.2. The third-order valence-electron chi connectivity index (χ3n) is 3.74. The van der Waals surface area contributed by atoms with Crippen LogP contribution in [0.15, 0.2) is 30.3 Å². The first-order valence-electron chi connectivity index (χ1n) is 7.13. The highest BCUT2D eigenvalue weighted by atomic mass is 16.5. The molecule has 0 saturated carbocycles. The van der Waals surface area contributed by atoms with Crippen LogP contribution >= 0.6 is 0 Å². The van der Waals surface area contributed by atoms with Crippen LogP contribution in [-0.4, -0.2) is 35.0 Å². The van der Waals surface area contributed by atoms with Crippen molar-refractivity contribution in [2.45, 2.75) is 6.42 Å². The van der Waals surface area contributed by atoms with Crippen LogP contribution in [0.5, 0.6) is 11.5 Å². The lowest BCUT2D eigenvalue weighted by molar-refractivity contribution is 0.0977. The highest BCUT2D eigenvalue weighted by Crippen LogP contribution is 2.41. The largest absolute Gasteiger partial charge is 0.507 e. The van der Waals surface area contributed by atoms with Crippen LogP contribution in [0, 0.1) is 0 Å². The fraction of sp³-hybridized carbons (Fsp3) is 0.176. The molecule has 6 nitrogen and oxygen atoms in total. The molecule has 2 aromatic carbocycles. The number of anilines is 1. The number of ether oxygens (including phenoxy) is 1. The van der Waals surface area contributed by atoms with Crippen molar-refractivity contribution in [2.75, 3.05) is 18.9 Å². The SMILES string of the molecule is Nc1c(OCCCO)cc(O)c2c1C(=O)c1ccccc1C2=O. The summed E-state index contributed by atoms with van der Waals surface area (Å²) in [6.45, 7) is 0.124. The number of carbonyl (C=O) groups excluding carboxylic acids is 2. The fourth-order valence-corrected chi connectivity index (χ4v) is 2.64. The number of nitrogen functional groups attached to an aromatic ring is 1. The van der Waals surface area contributed by atoms with Crippen molar-refractivity contribution in [1.29, 1.82) is 0 Å². The van der Waals surface area contributed by atoms with E-state index in [2.05, 4.69) is 0 Å². The standard InChI is InChI=1S/C17H15NO5/c18-15-12(23-7-3-6-19)8-11(20)13-14(15)17(22)10-5-2-1-4-9(10)16(13)21/h1-2,4-5,8,19-20H,3,6-7,18H2. The zero-order valence-electron chi connectivity index (χ0n) is 12.2. The van der Waals surface area contributed by atoms with E-state index in [0.717, 1.165) is 0 Å². The average Bonchev–Trinajstić information content (AvgIpc) is 2.55. The van der Waals surface area contributed by atoms with Crippen molar-refractivity contribution in [3.63, 3.8) is 0 Å². The number of aromatic hydroxyl groups is 1. The van der Waals surface area contributed by atoms with Crippen molar-refractivity contribution in [3.8, 4) is 11.5 Å². The molecule has 0 fully saturated rings. The van der Waals surface area contributed by atoms with E-state index in [1.807, 2.05) is 0 Å². The van der Waals surface area contributed by atoms with Crippen LogP contribution in [0.3, 0.4) is 0 Å². The Hall–Kier alpha value is -2.86. The molecule has 0 aromatic heterocycles. The van der Waals surface area contributed by atoms with Gasteiger partial charge in [0, 0.05) is 30.2 Å². The molecule has 23 heavy (non-hydrogen) atoms. The van der Waals surface area contributed by atoms with Gasteiger partial charge in [-0.3, -0.25) is 9.59 Å². The van der Waals surface area contributed by atoms with Gasteiger partial charge in [0.05, 0.1) is 23.4 Å². The number of ketones is 2. The molecular weight excluding hydrogens is 298 g/mol. The number of carbonyl (C=O) groups is 2. The second-order valence-corrected chi connectivity index (χ2v) is 5.19. The van der Waals surface area contributed by atoms with Gasteiger partial charge < -0.3 is 20.7 Å². The molecule has 6 heteroatoms. The van der Waals surface area contributed by atoms with Crippen LogP contribution in [0.1, 0.15) is 38.3 Å². The number of benzene rings is 2. The van der Waals surface area contributed by atoms with Crippen LogP contribution < -0.4 is 10.5 Å². The second-order valence-electron chi connectivity index (χ2n) is 5.19. The van der Waals surface area contributed by atoms with Gasteiger partial charge in [-0.05, 0) is 0 Å². The first kappa shape index (κ1) is 15.1. The van der Waals surface area contributed by atoms with Gasteiger partial charge >= 0.3 is 0 Å². The number of aliphatic hydroxyl groups excluding tert-OH is 1. The van der Waals surface area contributed by atoms with Crippen LogP contribution in [0.2, 0.25) is 0 Å². The summed E-state index contributed by atoms with van der Waals surface area (Å²) >= 11 is 0. The number of phenolic OH excluding ortho intramolecular Hbond substituents is 1.